The van der Waals surface area contributed by atoms with E-state index in [-0.39, 0.29) is 12.0 Å². The number of carbonyl (C=O) groups is 1. The summed E-state index contributed by atoms with van der Waals surface area (Å²) in [6.07, 6.45) is 8.50. The first-order valence-corrected chi connectivity index (χ1v) is 9.39. The van der Waals surface area contributed by atoms with Gasteiger partial charge in [0.1, 0.15) is 6.10 Å². The van der Waals surface area contributed by atoms with Gasteiger partial charge < -0.3 is 9.64 Å². The summed E-state index contributed by atoms with van der Waals surface area (Å²) in [5, 5.41) is 0. The second-order valence-corrected chi connectivity index (χ2v) is 8.04. The SMILES string of the molecule is CC1CCN(C(=O)[C@@H]2CC[C@H]3[C@H](CCN3CC3CC3)O2)CC1. The summed E-state index contributed by atoms with van der Waals surface area (Å²) < 4.78 is 6.25. The van der Waals surface area contributed by atoms with Crippen LogP contribution in [0.2, 0.25) is 0 Å². The van der Waals surface area contributed by atoms with Crippen molar-refractivity contribution in [3.05, 3.63) is 0 Å². The van der Waals surface area contributed by atoms with Crippen molar-refractivity contribution in [2.75, 3.05) is 26.2 Å². The topological polar surface area (TPSA) is 32.8 Å². The molecule has 4 nitrogen and oxygen atoms in total. The van der Waals surface area contributed by atoms with Crippen molar-refractivity contribution >= 4 is 5.91 Å². The van der Waals surface area contributed by atoms with Crippen molar-refractivity contribution in [2.45, 2.75) is 70.1 Å². The minimum Gasteiger partial charge on any atom is -0.363 e. The van der Waals surface area contributed by atoms with Crippen molar-refractivity contribution in [1.82, 2.24) is 9.80 Å². The van der Waals surface area contributed by atoms with Crippen molar-refractivity contribution in [3.63, 3.8) is 0 Å². The van der Waals surface area contributed by atoms with E-state index in [0.717, 1.165) is 57.0 Å². The van der Waals surface area contributed by atoms with Gasteiger partial charge in [0.2, 0.25) is 0 Å². The van der Waals surface area contributed by atoms with Gasteiger partial charge in [-0.25, -0.2) is 0 Å². The Kier molecular flexibility index (Phi) is 4.16. The van der Waals surface area contributed by atoms with Crippen LogP contribution in [-0.2, 0) is 9.53 Å². The number of nitrogens with zero attached hydrogens (tertiary/aromatic N) is 2. The Labute approximate surface area is 134 Å². The Bertz CT molecular complexity index is 415. The zero-order valence-corrected chi connectivity index (χ0v) is 13.9. The Morgan fingerprint density at radius 3 is 2.50 bits per heavy atom. The summed E-state index contributed by atoms with van der Waals surface area (Å²) in [5.41, 5.74) is 0. The van der Waals surface area contributed by atoms with E-state index in [9.17, 15) is 4.79 Å². The van der Waals surface area contributed by atoms with E-state index in [0.29, 0.717) is 12.1 Å². The molecule has 3 saturated heterocycles. The summed E-state index contributed by atoms with van der Waals surface area (Å²) in [6.45, 7) is 6.60. The van der Waals surface area contributed by atoms with Crippen LogP contribution in [-0.4, -0.2) is 60.1 Å². The minimum absolute atomic E-state index is 0.157. The number of hydrogen-bond donors (Lipinski definition) is 0. The first-order chi connectivity index (χ1) is 10.7. The lowest BCUT2D eigenvalue weighted by molar-refractivity contribution is -0.155. The number of fused-ring (bicyclic) bond motifs is 1. The van der Waals surface area contributed by atoms with Crippen LogP contribution in [0.4, 0.5) is 0 Å². The molecule has 0 aromatic heterocycles. The first kappa shape index (κ1) is 14.9. The van der Waals surface area contributed by atoms with E-state index in [1.54, 1.807) is 0 Å². The van der Waals surface area contributed by atoms with E-state index in [4.69, 9.17) is 4.74 Å². The fourth-order valence-corrected chi connectivity index (χ4v) is 4.49. The highest BCUT2D eigenvalue weighted by atomic mass is 16.5. The molecule has 3 aliphatic heterocycles. The largest absolute Gasteiger partial charge is 0.363 e. The third kappa shape index (κ3) is 3.05. The highest BCUT2D eigenvalue weighted by Gasteiger charge is 2.43. The maximum absolute atomic E-state index is 12.7. The van der Waals surface area contributed by atoms with E-state index < -0.39 is 0 Å². The number of carbonyl (C=O) groups excluding carboxylic acids is 1. The quantitative estimate of drug-likeness (QED) is 0.802. The highest BCUT2D eigenvalue weighted by Crippen LogP contribution is 2.37. The normalized spacial score (nSPS) is 37.3. The third-order valence-corrected chi connectivity index (χ3v) is 6.22. The van der Waals surface area contributed by atoms with Gasteiger partial charge in [0, 0.05) is 32.2 Å². The molecule has 4 heteroatoms. The van der Waals surface area contributed by atoms with Crippen LogP contribution < -0.4 is 0 Å². The van der Waals surface area contributed by atoms with Crippen molar-refractivity contribution in [2.24, 2.45) is 11.8 Å². The fraction of sp³-hybridized carbons (Fsp3) is 0.944. The monoisotopic (exact) mass is 306 g/mol. The van der Waals surface area contributed by atoms with E-state index in [1.807, 2.05) is 0 Å². The van der Waals surface area contributed by atoms with Crippen molar-refractivity contribution < 1.29 is 9.53 Å². The molecule has 4 rings (SSSR count). The van der Waals surface area contributed by atoms with E-state index in [2.05, 4.69) is 16.7 Å². The predicted molar refractivity (Wildman–Crippen MR) is 85.6 cm³/mol. The van der Waals surface area contributed by atoms with Gasteiger partial charge in [-0.2, -0.15) is 0 Å². The maximum atomic E-state index is 12.7. The number of likely N-dealkylation sites (tertiary alicyclic amines) is 2. The second kappa shape index (κ2) is 6.12. The molecule has 3 atom stereocenters. The zero-order chi connectivity index (χ0) is 15.1. The lowest BCUT2D eigenvalue weighted by Crippen LogP contribution is -2.50. The van der Waals surface area contributed by atoms with Crippen molar-refractivity contribution in [1.29, 1.82) is 0 Å². The van der Waals surface area contributed by atoms with Crippen molar-refractivity contribution in [3.8, 4) is 0 Å². The molecule has 0 spiro atoms. The summed E-state index contributed by atoms with van der Waals surface area (Å²) >= 11 is 0. The lowest BCUT2D eigenvalue weighted by Gasteiger charge is -2.38. The van der Waals surface area contributed by atoms with Gasteiger partial charge >= 0.3 is 0 Å². The van der Waals surface area contributed by atoms with Gasteiger partial charge in [0.25, 0.3) is 5.91 Å². The minimum atomic E-state index is -0.157. The van der Waals surface area contributed by atoms with Crippen LogP contribution in [0.1, 0.15) is 51.9 Å². The van der Waals surface area contributed by atoms with Crippen LogP contribution in [0, 0.1) is 11.8 Å². The molecular weight excluding hydrogens is 276 g/mol. The predicted octanol–water partition coefficient (Wildman–Crippen LogP) is 2.28. The average molecular weight is 306 g/mol. The molecule has 0 unspecified atom stereocenters. The molecule has 0 aromatic rings. The molecule has 4 aliphatic rings. The molecule has 1 amide bonds. The summed E-state index contributed by atoms with van der Waals surface area (Å²) in [4.78, 5) is 17.4. The number of hydrogen-bond acceptors (Lipinski definition) is 3. The molecule has 22 heavy (non-hydrogen) atoms. The van der Waals surface area contributed by atoms with Crippen LogP contribution in [0.3, 0.4) is 0 Å². The van der Waals surface area contributed by atoms with Gasteiger partial charge in [-0.15, -0.1) is 0 Å². The van der Waals surface area contributed by atoms with Gasteiger partial charge in [0.05, 0.1) is 6.10 Å². The Morgan fingerprint density at radius 1 is 1.00 bits per heavy atom. The zero-order valence-electron chi connectivity index (χ0n) is 13.9. The molecule has 4 fully saturated rings. The summed E-state index contributed by atoms with van der Waals surface area (Å²) in [7, 11) is 0. The maximum Gasteiger partial charge on any atom is 0.251 e. The van der Waals surface area contributed by atoms with E-state index >= 15 is 0 Å². The Balaban J connectivity index is 1.31. The van der Waals surface area contributed by atoms with Crippen LogP contribution in [0.25, 0.3) is 0 Å². The number of rotatable bonds is 3. The standard InChI is InChI=1S/C18H30N2O2/c1-13-6-9-19(10-7-13)18(21)17-5-4-15-16(22-17)8-11-20(15)12-14-2-3-14/h13-17H,2-12H2,1H3/t15-,16-,17-/m0/s1. The van der Waals surface area contributed by atoms with Crippen LogP contribution in [0.15, 0.2) is 0 Å². The summed E-state index contributed by atoms with van der Waals surface area (Å²) in [6, 6.07) is 0.589. The molecular formula is C18H30N2O2. The molecule has 3 heterocycles. The average Bonchev–Trinajstić information content (AvgIpc) is 3.27. The van der Waals surface area contributed by atoms with Gasteiger partial charge in [-0.3, -0.25) is 9.69 Å². The van der Waals surface area contributed by atoms with E-state index in [1.165, 1.54) is 25.9 Å². The van der Waals surface area contributed by atoms with Gasteiger partial charge in [-0.1, -0.05) is 6.92 Å². The molecule has 0 bridgehead atoms. The number of amides is 1. The first-order valence-electron chi connectivity index (χ1n) is 9.39. The lowest BCUT2D eigenvalue weighted by atomic mass is 9.96. The molecule has 124 valence electrons. The fourth-order valence-electron chi connectivity index (χ4n) is 4.49. The third-order valence-electron chi connectivity index (χ3n) is 6.22. The molecule has 1 saturated carbocycles. The molecule has 0 radical (unpaired) electrons. The Morgan fingerprint density at radius 2 is 1.77 bits per heavy atom. The molecule has 0 aromatic carbocycles. The Hall–Kier alpha value is -0.610. The van der Waals surface area contributed by atoms with Gasteiger partial charge in [-0.05, 0) is 56.8 Å². The van der Waals surface area contributed by atoms with Crippen LogP contribution in [0.5, 0.6) is 0 Å². The molecule has 0 N–H and O–H groups in total. The number of piperidine rings is 1. The smallest absolute Gasteiger partial charge is 0.251 e. The summed E-state index contributed by atoms with van der Waals surface area (Å²) in [5.74, 6) is 1.99. The van der Waals surface area contributed by atoms with Crippen LogP contribution >= 0.6 is 0 Å². The molecule has 1 aliphatic carbocycles. The highest BCUT2D eigenvalue weighted by molar-refractivity contribution is 5.81. The number of ether oxygens (including phenoxy) is 1. The second-order valence-electron chi connectivity index (χ2n) is 8.04. The van der Waals surface area contributed by atoms with Gasteiger partial charge in [0.15, 0.2) is 0 Å².